The van der Waals surface area contributed by atoms with Crippen LogP contribution in [0.25, 0.3) is 0 Å². The van der Waals surface area contributed by atoms with E-state index in [1.807, 2.05) is 11.6 Å². The first kappa shape index (κ1) is 14.4. The van der Waals surface area contributed by atoms with Crippen molar-refractivity contribution in [3.63, 3.8) is 0 Å². The summed E-state index contributed by atoms with van der Waals surface area (Å²) >= 11 is 0. The molecular weight excluding hydrogens is 248 g/mol. The van der Waals surface area contributed by atoms with Crippen LogP contribution in [-0.2, 0) is 6.54 Å². The fourth-order valence-corrected chi connectivity index (χ4v) is 2.21. The minimum atomic E-state index is 0.511. The van der Waals surface area contributed by atoms with Gasteiger partial charge in [-0.1, -0.05) is 32.9 Å². The van der Waals surface area contributed by atoms with Crippen molar-refractivity contribution in [2.45, 2.75) is 46.6 Å². The van der Waals surface area contributed by atoms with Crippen LogP contribution in [0.5, 0.6) is 0 Å². The molecule has 0 aliphatic rings. The third kappa shape index (κ3) is 2.95. The van der Waals surface area contributed by atoms with Gasteiger partial charge in [-0.15, -0.1) is 0 Å². The van der Waals surface area contributed by atoms with Gasteiger partial charge < -0.3 is 11.1 Å². The summed E-state index contributed by atoms with van der Waals surface area (Å²) < 4.78 is 1.95. The number of nitrogen functional groups attached to an aromatic ring is 1. The van der Waals surface area contributed by atoms with Crippen molar-refractivity contribution in [1.29, 1.82) is 0 Å². The molecule has 0 atom stereocenters. The number of aryl methyl sites for hydroxylation is 2. The Morgan fingerprint density at radius 2 is 2.10 bits per heavy atom. The highest BCUT2D eigenvalue weighted by Crippen LogP contribution is 2.27. The maximum absolute atomic E-state index is 6.13. The van der Waals surface area contributed by atoms with E-state index in [2.05, 4.69) is 55.5 Å². The molecule has 0 aliphatic carbocycles. The summed E-state index contributed by atoms with van der Waals surface area (Å²) in [6.07, 6.45) is 1.03. The summed E-state index contributed by atoms with van der Waals surface area (Å²) in [6, 6.07) is 8.45. The van der Waals surface area contributed by atoms with Crippen LogP contribution in [-0.4, -0.2) is 9.78 Å². The molecule has 0 aliphatic heterocycles. The molecule has 0 unspecified atom stereocenters. The molecule has 0 amide bonds. The van der Waals surface area contributed by atoms with E-state index >= 15 is 0 Å². The molecule has 3 N–H and O–H groups in total. The second-order valence-electron chi connectivity index (χ2n) is 5.48. The summed E-state index contributed by atoms with van der Waals surface area (Å²) in [5, 5.41) is 7.90. The first-order valence-electron chi connectivity index (χ1n) is 7.22. The molecule has 0 spiro atoms. The van der Waals surface area contributed by atoms with Gasteiger partial charge in [0.2, 0.25) is 0 Å². The zero-order chi connectivity index (χ0) is 14.7. The summed E-state index contributed by atoms with van der Waals surface area (Å²) in [4.78, 5) is 0. The van der Waals surface area contributed by atoms with Gasteiger partial charge in [-0.25, -0.2) is 4.68 Å². The number of benzene rings is 1. The molecule has 1 heterocycles. The molecule has 0 bridgehead atoms. The van der Waals surface area contributed by atoms with E-state index in [0.29, 0.717) is 5.92 Å². The molecule has 4 nitrogen and oxygen atoms in total. The molecule has 0 fully saturated rings. The van der Waals surface area contributed by atoms with Gasteiger partial charge in [0.05, 0.1) is 11.4 Å². The van der Waals surface area contributed by atoms with E-state index in [1.165, 1.54) is 5.56 Å². The lowest BCUT2D eigenvalue weighted by Gasteiger charge is -2.12. The lowest BCUT2D eigenvalue weighted by molar-refractivity contribution is 0.605. The Morgan fingerprint density at radius 1 is 1.35 bits per heavy atom. The number of hydrogen-bond donors (Lipinski definition) is 2. The largest absolute Gasteiger partial charge is 0.394 e. The maximum atomic E-state index is 6.13. The van der Waals surface area contributed by atoms with Crippen molar-refractivity contribution >= 4 is 17.2 Å². The third-order valence-electron chi connectivity index (χ3n) is 3.43. The van der Waals surface area contributed by atoms with Crippen LogP contribution in [0.1, 0.15) is 44.4 Å². The Labute approximate surface area is 121 Å². The standard InChI is InChI=1S/C16H24N4/c1-5-9-20-16(15(17)12(4)19-20)18-14-8-6-7-13(10-14)11(2)3/h6-8,10-11,18H,5,9,17H2,1-4H3. The van der Waals surface area contributed by atoms with Gasteiger partial charge in [0, 0.05) is 12.2 Å². The van der Waals surface area contributed by atoms with Crippen LogP contribution in [0, 0.1) is 6.92 Å². The molecule has 4 heteroatoms. The molecule has 2 rings (SSSR count). The highest BCUT2D eigenvalue weighted by molar-refractivity contribution is 5.71. The minimum Gasteiger partial charge on any atom is -0.394 e. The molecule has 108 valence electrons. The fraction of sp³-hybridized carbons (Fsp3) is 0.438. The molecule has 20 heavy (non-hydrogen) atoms. The summed E-state index contributed by atoms with van der Waals surface area (Å²) in [6.45, 7) is 9.33. The summed E-state index contributed by atoms with van der Waals surface area (Å²) in [7, 11) is 0. The van der Waals surface area contributed by atoms with E-state index in [9.17, 15) is 0 Å². The average molecular weight is 272 g/mol. The smallest absolute Gasteiger partial charge is 0.152 e. The maximum Gasteiger partial charge on any atom is 0.152 e. The summed E-state index contributed by atoms with van der Waals surface area (Å²) in [5.74, 6) is 1.40. The van der Waals surface area contributed by atoms with E-state index in [-0.39, 0.29) is 0 Å². The van der Waals surface area contributed by atoms with E-state index < -0.39 is 0 Å². The Bertz CT molecular complexity index is 584. The van der Waals surface area contributed by atoms with Gasteiger partial charge in [0.25, 0.3) is 0 Å². The Morgan fingerprint density at radius 3 is 2.75 bits per heavy atom. The number of anilines is 3. The SMILES string of the molecule is CCCn1nc(C)c(N)c1Nc1cccc(C(C)C)c1. The van der Waals surface area contributed by atoms with Crippen LogP contribution >= 0.6 is 0 Å². The fourth-order valence-electron chi connectivity index (χ4n) is 2.21. The van der Waals surface area contributed by atoms with Gasteiger partial charge in [-0.3, -0.25) is 0 Å². The van der Waals surface area contributed by atoms with Crippen molar-refractivity contribution in [1.82, 2.24) is 9.78 Å². The minimum absolute atomic E-state index is 0.511. The van der Waals surface area contributed by atoms with Gasteiger partial charge in [-0.2, -0.15) is 5.10 Å². The van der Waals surface area contributed by atoms with Crippen LogP contribution in [0.3, 0.4) is 0 Å². The highest BCUT2D eigenvalue weighted by Gasteiger charge is 2.12. The third-order valence-corrected chi connectivity index (χ3v) is 3.43. The average Bonchev–Trinajstić information content (AvgIpc) is 2.67. The second-order valence-corrected chi connectivity index (χ2v) is 5.48. The van der Waals surface area contributed by atoms with Crippen molar-refractivity contribution in [2.24, 2.45) is 0 Å². The number of nitrogens with one attached hydrogen (secondary N) is 1. The lowest BCUT2D eigenvalue weighted by atomic mass is 10.0. The molecule has 1 aromatic carbocycles. The van der Waals surface area contributed by atoms with Crippen LogP contribution in [0.15, 0.2) is 24.3 Å². The topological polar surface area (TPSA) is 55.9 Å². The number of nitrogens with two attached hydrogens (primary N) is 1. The zero-order valence-electron chi connectivity index (χ0n) is 12.8. The number of hydrogen-bond acceptors (Lipinski definition) is 3. The van der Waals surface area contributed by atoms with Gasteiger partial charge in [0.1, 0.15) is 0 Å². The van der Waals surface area contributed by atoms with E-state index in [0.717, 1.165) is 35.9 Å². The molecule has 0 saturated carbocycles. The molecule has 2 aromatic rings. The molecule has 1 aromatic heterocycles. The normalized spacial score (nSPS) is 11.1. The first-order valence-corrected chi connectivity index (χ1v) is 7.22. The van der Waals surface area contributed by atoms with Gasteiger partial charge in [-0.05, 0) is 37.0 Å². The Kier molecular flexibility index (Phi) is 4.32. The number of aromatic nitrogens is 2. The highest BCUT2D eigenvalue weighted by atomic mass is 15.3. The van der Waals surface area contributed by atoms with Crippen molar-refractivity contribution in [2.75, 3.05) is 11.1 Å². The van der Waals surface area contributed by atoms with Crippen LogP contribution in [0.4, 0.5) is 17.2 Å². The second kappa shape index (κ2) is 5.99. The summed E-state index contributed by atoms with van der Waals surface area (Å²) in [5.41, 5.74) is 10.1. The van der Waals surface area contributed by atoms with E-state index in [1.54, 1.807) is 0 Å². The van der Waals surface area contributed by atoms with Crippen molar-refractivity contribution in [3.8, 4) is 0 Å². The quantitative estimate of drug-likeness (QED) is 0.863. The van der Waals surface area contributed by atoms with Crippen molar-refractivity contribution < 1.29 is 0 Å². The Balaban J connectivity index is 2.32. The first-order chi connectivity index (χ1) is 9.52. The van der Waals surface area contributed by atoms with Crippen LogP contribution in [0.2, 0.25) is 0 Å². The molecule has 0 saturated heterocycles. The van der Waals surface area contributed by atoms with Crippen molar-refractivity contribution in [3.05, 3.63) is 35.5 Å². The Hall–Kier alpha value is -1.97. The monoisotopic (exact) mass is 272 g/mol. The van der Waals surface area contributed by atoms with Gasteiger partial charge >= 0.3 is 0 Å². The van der Waals surface area contributed by atoms with Crippen LogP contribution < -0.4 is 11.1 Å². The molecule has 0 radical (unpaired) electrons. The predicted octanol–water partition coefficient (Wildman–Crippen LogP) is 4.05. The molecular formula is C16H24N4. The zero-order valence-corrected chi connectivity index (χ0v) is 12.8. The predicted molar refractivity (Wildman–Crippen MR) is 85.5 cm³/mol. The van der Waals surface area contributed by atoms with Gasteiger partial charge in [0.15, 0.2) is 5.82 Å². The van der Waals surface area contributed by atoms with E-state index in [4.69, 9.17) is 5.73 Å². The number of rotatable bonds is 5. The number of nitrogens with zero attached hydrogens (tertiary/aromatic N) is 2. The lowest BCUT2D eigenvalue weighted by Crippen LogP contribution is -2.06.